The van der Waals surface area contributed by atoms with E-state index in [0.717, 1.165) is 55.8 Å². The van der Waals surface area contributed by atoms with Crippen molar-refractivity contribution in [2.24, 2.45) is 5.41 Å². The van der Waals surface area contributed by atoms with Crippen molar-refractivity contribution >= 4 is 5.91 Å². The minimum absolute atomic E-state index is 0.153. The van der Waals surface area contributed by atoms with E-state index in [1.165, 1.54) is 0 Å². The van der Waals surface area contributed by atoms with Gasteiger partial charge in [0.1, 0.15) is 0 Å². The molecule has 0 radical (unpaired) electrons. The molecular weight excluding hydrogens is 390 g/mol. The molecule has 2 saturated heterocycles. The number of carbonyl (C=O) groups is 1. The number of hydrogen-bond acceptors (Lipinski definition) is 6. The van der Waals surface area contributed by atoms with E-state index in [1.807, 2.05) is 47.4 Å². The van der Waals surface area contributed by atoms with Gasteiger partial charge in [-0.2, -0.15) is 4.98 Å². The first-order valence-corrected chi connectivity index (χ1v) is 10.9. The Bertz CT molecular complexity index is 1030. The number of benzene rings is 1. The van der Waals surface area contributed by atoms with Crippen molar-refractivity contribution in [3.8, 4) is 11.5 Å². The van der Waals surface area contributed by atoms with Crippen LogP contribution in [0.15, 0.2) is 59.4 Å². The van der Waals surface area contributed by atoms with Crippen LogP contribution in [0.4, 0.5) is 0 Å². The van der Waals surface area contributed by atoms with Crippen LogP contribution in [0.3, 0.4) is 0 Å². The molecule has 1 aromatic carbocycles. The van der Waals surface area contributed by atoms with Crippen LogP contribution in [0.5, 0.6) is 0 Å². The third-order valence-corrected chi connectivity index (χ3v) is 6.79. The van der Waals surface area contributed by atoms with Crippen molar-refractivity contribution in [1.82, 2.24) is 24.9 Å². The van der Waals surface area contributed by atoms with Gasteiger partial charge >= 0.3 is 0 Å². The lowest BCUT2D eigenvalue weighted by Crippen LogP contribution is -2.44. The summed E-state index contributed by atoms with van der Waals surface area (Å²) in [5.74, 6) is 1.53. The van der Waals surface area contributed by atoms with Crippen molar-refractivity contribution < 1.29 is 9.32 Å². The second kappa shape index (κ2) is 8.23. The van der Waals surface area contributed by atoms with E-state index in [-0.39, 0.29) is 17.4 Å². The Hall–Kier alpha value is -3.06. The van der Waals surface area contributed by atoms with Crippen LogP contribution >= 0.6 is 0 Å². The zero-order valence-corrected chi connectivity index (χ0v) is 17.8. The van der Waals surface area contributed by atoms with Crippen molar-refractivity contribution in [2.45, 2.75) is 31.7 Å². The van der Waals surface area contributed by atoms with Gasteiger partial charge < -0.3 is 9.42 Å². The second-order valence-electron chi connectivity index (χ2n) is 8.87. The van der Waals surface area contributed by atoms with Crippen LogP contribution < -0.4 is 0 Å². The van der Waals surface area contributed by atoms with E-state index >= 15 is 0 Å². The summed E-state index contributed by atoms with van der Waals surface area (Å²) >= 11 is 0. The summed E-state index contributed by atoms with van der Waals surface area (Å²) in [5.41, 5.74) is 2.17. The SMILES string of the molecule is CN1CC2(CCN(C(=O)Cc3ccncc3)CC2)CC1c1noc(-c2ccccc2)n1. The lowest BCUT2D eigenvalue weighted by Gasteiger charge is -2.39. The molecular formula is C24H27N5O2. The number of hydrogen-bond donors (Lipinski definition) is 0. The van der Waals surface area contributed by atoms with E-state index < -0.39 is 0 Å². The molecule has 31 heavy (non-hydrogen) atoms. The maximum atomic E-state index is 12.7. The van der Waals surface area contributed by atoms with Gasteiger partial charge in [0, 0.05) is 37.6 Å². The maximum Gasteiger partial charge on any atom is 0.257 e. The van der Waals surface area contributed by atoms with Crippen LogP contribution in [0, 0.1) is 5.41 Å². The van der Waals surface area contributed by atoms with E-state index in [4.69, 9.17) is 9.51 Å². The Morgan fingerprint density at radius 2 is 1.87 bits per heavy atom. The average molecular weight is 418 g/mol. The summed E-state index contributed by atoms with van der Waals surface area (Å²) < 4.78 is 5.55. The lowest BCUT2D eigenvalue weighted by atomic mass is 9.76. The topological polar surface area (TPSA) is 75.4 Å². The van der Waals surface area contributed by atoms with E-state index in [0.29, 0.717) is 12.3 Å². The molecule has 7 nitrogen and oxygen atoms in total. The fraction of sp³-hybridized carbons (Fsp3) is 0.417. The molecule has 3 aromatic rings. The molecule has 0 N–H and O–H groups in total. The van der Waals surface area contributed by atoms with E-state index in [1.54, 1.807) is 12.4 Å². The fourth-order valence-electron chi connectivity index (χ4n) is 5.01. The van der Waals surface area contributed by atoms with Gasteiger partial charge in [-0.1, -0.05) is 23.4 Å². The summed E-state index contributed by atoms with van der Waals surface area (Å²) in [6.45, 7) is 2.62. The number of nitrogens with zero attached hydrogens (tertiary/aromatic N) is 5. The van der Waals surface area contributed by atoms with Gasteiger partial charge in [0.2, 0.25) is 5.91 Å². The number of pyridine rings is 1. The van der Waals surface area contributed by atoms with Crippen LogP contribution in [0.1, 0.15) is 36.7 Å². The van der Waals surface area contributed by atoms with Crippen LogP contribution in [-0.2, 0) is 11.2 Å². The predicted molar refractivity (Wildman–Crippen MR) is 116 cm³/mol. The minimum atomic E-state index is 0.153. The molecule has 160 valence electrons. The first-order valence-electron chi connectivity index (χ1n) is 10.9. The largest absolute Gasteiger partial charge is 0.342 e. The molecule has 2 aliphatic rings. The van der Waals surface area contributed by atoms with Gasteiger partial charge in [-0.15, -0.1) is 0 Å². The molecule has 1 spiro atoms. The summed E-state index contributed by atoms with van der Waals surface area (Å²) in [4.78, 5) is 25.8. The quantitative estimate of drug-likeness (QED) is 0.648. The third-order valence-electron chi connectivity index (χ3n) is 6.79. The monoisotopic (exact) mass is 417 g/mol. The number of rotatable bonds is 4. The number of aromatic nitrogens is 3. The van der Waals surface area contributed by atoms with Crippen molar-refractivity contribution in [3.63, 3.8) is 0 Å². The maximum absolute atomic E-state index is 12.7. The van der Waals surface area contributed by atoms with E-state index in [9.17, 15) is 4.79 Å². The molecule has 0 aliphatic carbocycles. The summed E-state index contributed by atoms with van der Waals surface area (Å²) in [5, 5.41) is 4.30. The Morgan fingerprint density at radius 1 is 1.13 bits per heavy atom. The molecule has 2 aliphatic heterocycles. The highest BCUT2D eigenvalue weighted by Crippen LogP contribution is 2.47. The van der Waals surface area contributed by atoms with Crippen molar-refractivity contribution in [1.29, 1.82) is 0 Å². The van der Waals surface area contributed by atoms with Crippen LogP contribution in [-0.4, -0.2) is 57.5 Å². The normalized spacial score (nSPS) is 20.9. The molecule has 4 heterocycles. The van der Waals surface area contributed by atoms with Gasteiger partial charge in [-0.05, 0) is 61.6 Å². The zero-order valence-electron chi connectivity index (χ0n) is 17.8. The second-order valence-corrected chi connectivity index (χ2v) is 8.87. The first kappa shape index (κ1) is 19.9. The zero-order chi connectivity index (χ0) is 21.3. The molecule has 2 fully saturated rings. The third kappa shape index (κ3) is 4.10. The molecule has 0 bridgehead atoms. The highest BCUT2D eigenvalue weighted by atomic mass is 16.5. The number of carbonyl (C=O) groups excluding carboxylic acids is 1. The Kier molecular flexibility index (Phi) is 5.28. The standard InChI is InChI=1S/C24H27N5O2/c1-28-17-24(9-13-29(14-10-24)21(30)15-18-7-11-25-12-8-18)16-20(28)22-26-23(31-27-22)19-5-3-2-4-6-19/h2-8,11-12,20H,9-10,13-17H2,1H3. The highest BCUT2D eigenvalue weighted by Gasteiger charge is 2.46. The molecule has 1 unspecified atom stereocenters. The molecule has 0 saturated carbocycles. The van der Waals surface area contributed by atoms with Crippen molar-refractivity contribution in [2.75, 3.05) is 26.7 Å². The average Bonchev–Trinajstić information content (AvgIpc) is 3.40. The summed E-state index contributed by atoms with van der Waals surface area (Å²) in [6.07, 6.45) is 6.96. The van der Waals surface area contributed by atoms with Gasteiger partial charge in [0.25, 0.3) is 5.89 Å². The highest BCUT2D eigenvalue weighted by molar-refractivity contribution is 5.78. The smallest absolute Gasteiger partial charge is 0.257 e. The molecule has 7 heteroatoms. The Balaban J connectivity index is 1.22. The molecule has 2 aromatic heterocycles. The molecule has 1 atom stereocenters. The number of amides is 1. The number of piperidine rings is 1. The van der Waals surface area contributed by atoms with Crippen LogP contribution in [0.25, 0.3) is 11.5 Å². The summed E-state index contributed by atoms with van der Waals surface area (Å²) in [6, 6.07) is 13.9. The van der Waals surface area contributed by atoms with Gasteiger partial charge in [-0.25, -0.2) is 0 Å². The van der Waals surface area contributed by atoms with Crippen LogP contribution in [0.2, 0.25) is 0 Å². The van der Waals surface area contributed by atoms with Gasteiger partial charge in [0.05, 0.1) is 12.5 Å². The number of likely N-dealkylation sites (tertiary alicyclic amines) is 2. The lowest BCUT2D eigenvalue weighted by molar-refractivity contribution is -0.132. The fourth-order valence-corrected chi connectivity index (χ4v) is 5.01. The Morgan fingerprint density at radius 3 is 2.61 bits per heavy atom. The Labute approximate surface area is 182 Å². The summed E-state index contributed by atoms with van der Waals surface area (Å²) in [7, 11) is 2.14. The van der Waals surface area contributed by atoms with E-state index in [2.05, 4.69) is 22.1 Å². The van der Waals surface area contributed by atoms with Gasteiger partial charge in [-0.3, -0.25) is 14.7 Å². The van der Waals surface area contributed by atoms with Gasteiger partial charge in [0.15, 0.2) is 5.82 Å². The van der Waals surface area contributed by atoms with Crippen molar-refractivity contribution in [3.05, 3.63) is 66.2 Å². The first-order chi connectivity index (χ1) is 15.1. The predicted octanol–water partition coefficient (Wildman–Crippen LogP) is 3.36. The molecule has 5 rings (SSSR count). The molecule has 1 amide bonds. The minimum Gasteiger partial charge on any atom is -0.342 e.